The van der Waals surface area contributed by atoms with Crippen molar-refractivity contribution in [1.29, 1.82) is 0 Å². The Morgan fingerprint density at radius 2 is 0.903 bits per heavy atom. The number of hydrogen-bond acceptors (Lipinski definition) is 5. The first-order chi connectivity index (χ1) is 14.7. The molecule has 0 saturated heterocycles. The molecule has 0 unspecified atom stereocenters. The highest BCUT2D eigenvalue weighted by Crippen LogP contribution is 2.29. The van der Waals surface area contributed by atoms with Gasteiger partial charge >= 0.3 is 0 Å². The molecule has 0 saturated carbocycles. The van der Waals surface area contributed by atoms with Gasteiger partial charge in [0.15, 0.2) is 0 Å². The maximum atomic E-state index is 10.1. The lowest BCUT2D eigenvalue weighted by molar-refractivity contribution is 0.474. The van der Waals surface area contributed by atoms with Crippen molar-refractivity contribution in [2.75, 3.05) is 38.0 Å². The van der Waals surface area contributed by atoms with Gasteiger partial charge in [0.05, 0.1) is 11.4 Å². The molecule has 5 nitrogen and oxygen atoms in total. The molecule has 0 bridgehead atoms. The van der Waals surface area contributed by atoms with Crippen molar-refractivity contribution in [3.05, 3.63) is 76.9 Å². The van der Waals surface area contributed by atoms with Crippen LogP contribution >= 0.6 is 0 Å². The van der Waals surface area contributed by atoms with E-state index in [0.717, 1.165) is 33.6 Å². The monoisotopic (exact) mass is 416 g/mol. The maximum absolute atomic E-state index is 10.1. The lowest BCUT2D eigenvalue weighted by Gasteiger charge is -2.14. The lowest BCUT2D eigenvalue weighted by Crippen LogP contribution is -2.08. The molecule has 0 atom stereocenters. The Morgan fingerprint density at radius 3 is 1.26 bits per heavy atom. The smallest absolute Gasteiger partial charge is 0.139 e. The minimum atomic E-state index is 0.165. The van der Waals surface area contributed by atoms with E-state index in [2.05, 4.69) is 0 Å². The Kier molecular flexibility index (Phi) is 6.55. The third kappa shape index (κ3) is 5.60. The van der Waals surface area contributed by atoms with E-state index in [1.165, 1.54) is 0 Å². The molecule has 0 fully saturated rings. The number of aromatic hydroxyl groups is 3. The second kappa shape index (κ2) is 9.30. The van der Waals surface area contributed by atoms with E-state index in [0.29, 0.717) is 0 Å². The van der Waals surface area contributed by atoms with E-state index in [9.17, 15) is 15.3 Å². The molecule has 0 amide bonds. The van der Waals surface area contributed by atoms with Crippen LogP contribution in [0.2, 0.25) is 0 Å². The summed E-state index contributed by atoms with van der Waals surface area (Å²) in [6, 6.07) is 16.3. The van der Waals surface area contributed by atoms with Gasteiger partial charge in [-0.05, 0) is 64.7 Å². The summed E-state index contributed by atoms with van der Waals surface area (Å²) in [4.78, 5) is 3.70. The van der Waals surface area contributed by atoms with Crippen LogP contribution < -0.4 is 9.80 Å². The SMILES string of the molecule is CN(C)c1ccc(/C=C/c2cc(O)cc(/C=C/c3ccc(N(C)C)c(O)c3)c2)cc1O. The summed E-state index contributed by atoms with van der Waals surface area (Å²) >= 11 is 0. The summed E-state index contributed by atoms with van der Waals surface area (Å²) in [5, 5.41) is 30.4. The largest absolute Gasteiger partial charge is 0.508 e. The van der Waals surface area contributed by atoms with Crippen molar-refractivity contribution >= 4 is 35.7 Å². The standard InChI is InChI=1S/C26H28N2O3/c1-27(2)23-11-9-18(16-25(23)30)5-7-20-13-21(15-22(29)14-20)8-6-19-10-12-24(28(3)4)26(31)17-19/h5-17,29-31H,1-4H3/b7-5+,8-6+. The van der Waals surface area contributed by atoms with E-state index >= 15 is 0 Å². The zero-order chi connectivity index (χ0) is 22.5. The van der Waals surface area contributed by atoms with Crippen molar-refractivity contribution in [3.63, 3.8) is 0 Å². The van der Waals surface area contributed by atoms with Gasteiger partial charge in [-0.15, -0.1) is 0 Å². The molecular weight excluding hydrogens is 388 g/mol. The second-order valence-corrected chi connectivity index (χ2v) is 7.81. The van der Waals surface area contributed by atoms with Crippen LogP contribution in [0.1, 0.15) is 22.3 Å². The topological polar surface area (TPSA) is 67.2 Å². The fourth-order valence-electron chi connectivity index (χ4n) is 3.28. The van der Waals surface area contributed by atoms with Gasteiger partial charge < -0.3 is 25.1 Å². The number of anilines is 2. The Balaban J connectivity index is 1.80. The molecule has 5 heteroatoms. The molecule has 3 aromatic rings. The Hall–Kier alpha value is -3.86. The van der Waals surface area contributed by atoms with Crippen LogP contribution in [0.3, 0.4) is 0 Å². The van der Waals surface area contributed by atoms with E-state index < -0.39 is 0 Å². The number of nitrogens with zero attached hydrogens (tertiary/aromatic N) is 2. The lowest BCUT2D eigenvalue weighted by atomic mass is 10.1. The highest BCUT2D eigenvalue weighted by molar-refractivity contribution is 5.77. The number of rotatable bonds is 6. The fourth-order valence-corrected chi connectivity index (χ4v) is 3.28. The Morgan fingerprint density at radius 1 is 0.516 bits per heavy atom. The third-order valence-corrected chi connectivity index (χ3v) is 4.86. The molecule has 0 radical (unpaired) electrons. The molecule has 160 valence electrons. The summed E-state index contributed by atoms with van der Waals surface area (Å²) < 4.78 is 0. The molecule has 0 heterocycles. The molecule has 3 rings (SSSR count). The van der Waals surface area contributed by atoms with Gasteiger partial charge in [0, 0.05) is 28.2 Å². The summed E-state index contributed by atoms with van der Waals surface area (Å²) in [6.07, 6.45) is 7.55. The molecule has 0 spiro atoms. The molecule has 0 aliphatic heterocycles. The molecule has 0 aromatic heterocycles. The molecule has 0 aliphatic carbocycles. The molecule has 0 aliphatic rings. The number of hydrogen-bond donors (Lipinski definition) is 3. The van der Waals surface area contributed by atoms with Gasteiger partial charge in [-0.25, -0.2) is 0 Å². The zero-order valence-corrected chi connectivity index (χ0v) is 18.2. The number of phenols is 3. The van der Waals surface area contributed by atoms with Crippen molar-refractivity contribution < 1.29 is 15.3 Å². The second-order valence-electron chi connectivity index (χ2n) is 7.81. The van der Waals surface area contributed by atoms with E-state index in [1.807, 2.05) is 92.6 Å². The van der Waals surface area contributed by atoms with Gasteiger partial charge in [-0.1, -0.05) is 36.4 Å². The Bertz CT molecular complexity index is 1050. The normalized spacial score (nSPS) is 11.4. The third-order valence-electron chi connectivity index (χ3n) is 4.86. The van der Waals surface area contributed by atoms with Crippen molar-refractivity contribution in [2.24, 2.45) is 0 Å². The van der Waals surface area contributed by atoms with Gasteiger partial charge in [-0.3, -0.25) is 0 Å². The van der Waals surface area contributed by atoms with Crippen LogP contribution in [0.25, 0.3) is 24.3 Å². The van der Waals surface area contributed by atoms with Crippen molar-refractivity contribution in [3.8, 4) is 17.2 Å². The predicted molar refractivity (Wildman–Crippen MR) is 131 cm³/mol. The van der Waals surface area contributed by atoms with Crippen LogP contribution in [-0.4, -0.2) is 43.5 Å². The van der Waals surface area contributed by atoms with Crippen molar-refractivity contribution in [2.45, 2.75) is 0 Å². The molecule has 3 aromatic carbocycles. The minimum Gasteiger partial charge on any atom is -0.508 e. The van der Waals surface area contributed by atoms with Crippen LogP contribution in [0, 0.1) is 0 Å². The van der Waals surface area contributed by atoms with Crippen LogP contribution in [0.5, 0.6) is 17.2 Å². The van der Waals surface area contributed by atoms with Crippen LogP contribution in [-0.2, 0) is 0 Å². The van der Waals surface area contributed by atoms with Crippen LogP contribution in [0.4, 0.5) is 11.4 Å². The van der Waals surface area contributed by atoms with Gasteiger partial charge in [0.25, 0.3) is 0 Å². The average Bonchev–Trinajstić information content (AvgIpc) is 2.70. The highest BCUT2D eigenvalue weighted by Gasteiger charge is 2.04. The first-order valence-corrected chi connectivity index (χ1v) is 9.94. The number of phenolic OH excluding ortho intramolecular Hbond substituents is 3. The summed E-state index contributed by atoms with van der Waals surface area (Å²) in [6.45, 7) is 0. The minimum absolute atomic E-state index is 0.165. The van der Waals surface area contributed by atoms with Crippen molar-refractivity contribution in [1.82, 2.24) is 0 Å². The summed E-state index contributed by atoms with van der Waals surface area (Å²) in [5.41, 5.74) is 4.90. The van der Waals surface area contributed by atoms with E-state index in [-0.39, 0.29) is 17.2 Å². The quantitative estimate of drug-likeness (QED) is 0.477. The first-order valence-electron chi connectivity index (χ1n) is 9.94. The highest BCUT2D eigenvalue weighted by atomic mass is 16.3. The summed E-state index contributed by atoms with van der Waals surface area (Å²) in [7, 11) is 7.52. The number of benzene rings is 3. The average molecular weight is 417 g/mol. The van der Waals surface area contributed by atoms with Gasteiger partial charge in [0.1, 0.15) is 17.2 Å². The zero-order valence-electron chi connectivity index (χ0n) is 18.2. The van der Waals surface area contributed by atoms with E-state index in [1.54, 1.807) is 24.3 Å². The predicted octanol–water partition coefficient (Wildman–Crippen LogP) is 5.28. The molecule has 31 heavy (non-hydrogen) atoms. The van der Waals surface area contributed by atoms with Crippen LogP contribution in [0.15, 0.2) is 54.6 Å². The van der Waals surface area contributed by atoms with Gasteiger partial charge in [0.2, 0.25) is 0 Å². The molecule has 3 N–H and O–H groups in total. The van der Waals surface area contributed by atoms with Gasteiger partial charge in [-0.2, -0.15) is 0 Å². The first kappa shape index (κ1) is 21.8. The van der Waals surface area contributed by atoms with E-state index in [4.69, 9.17) is 0 Å². The molecular formula is C26H28N2O3. The fraction of sp³-hybridized carbons (Fsp3) is 0.154. The summed E-state index contributed by atoms with van der Waals surface area (Å²) in [5.74, 6) is 0.601. The Labute approximate surface area is 183 Å². The maximum Gasteiger partial charge on any atom is 0.139 e.